The molecule has 1 heterocycles. The monoisotopic (exact) mass is 387 g/mol. The predicted molar refractivity (Wildman–Crippen MR) is 94.4 cm³/mol. The quantitative estimate of drug-likeness (QED) is 0.669. The minimum absolute atomic E-state index is 0.194. The summed E-state index contributed by atoms with van der Waals surface area (Å²) in [6.07, 6.45) is 0. The van der Waals surface area contributed by atoms with E-state index in [1.165, 1.54) is 7.11 Å². The number of benzene rings is 2. The van der Waals surface area contributed by atoms with Crippen molar-refractivity contribution in [2.45, 2.75) is 6.92 Å². The molecule has 2 aromatic carbocycles. The van der Waals surface area contributed by atoms with Crippen LogP contribution in [0.5, 0.6) is 0 Å². The number of anilines is 1. The molecule has 1 N–H and O–H groups in total. The topological polar surface area (TPSA) is 68.5 Å². The van der Waals surface area contributed by atoms with E-state index in [1.807, 2.05) is 25.1 Å². The number of fused-ring (bicyclic) bond motifs is 1. The van der Waals surface area contributed by atoms with Crippen LogP contribution in [0.3, 0.4) is 0 Å². The van der Waals surface area contributed by atoms with E-state index in [0.29, 0.717) is 16.8 Å². The number of para-hydroxylation sites is 1. The zero-order valence-electron chi connectivity index (χ0n) is 13.1. The van der Waals surface area contributed by atoms with Gasteiger partial charge in [0, 0.05) is 11.1 Å². The van der Waals surface area contributed by atoms with Gasteiger partial charge in [0.05, 0.1) is 17.1 Å². The second-order valence-corrected chi connectivity index (χ2v) is 6.10. The van der Waals surface area contributed by atoms with E-state index in [9.17, 15) is 9.59 Å². The summed E-state index contributed by atoms with van der Waals surface area (Å²) in [7, 11) is 1.31. The Kier molecular flexibility index (Phi) is 4.40. The van der Waals surface area contributed by atoms with Gasteiger partial charge in [-0.25, -0.2) is 4.79 Å². The van der Waals surface area contributed by atoms with E-state index in [4.69, 9.17) is 9.15 Å². The first-order valence-corrected chi connectivity index (χ1v) is 7.97. The Morgan fingerprint density at radius 3 is 2.67 bits per heavy atom. The molecule has 1 amide bonds. The molecule has 0 fully saturated rings. The van der Waals surface area contributed by atoms with Crippen molar-refractivity contribution in [1.82, 2.24) is 0 Å². The van der Waals surface area contributed by atoms with Gasteiger partial charge in [-0.3, -0.25) is 4.79 Å². The van der Waals surface area contributed by atoms with Crippen molar-refractivity contribution < 1.29 is 18.7 Å². The number of amides is 1. The number of furan rings is 1. The lowest BCUT2D eigenvalue weighted by Crippen LogP contribution is -2.13. The SMILES string of the molecule is COC(=O)c1ccc(C)c(NC(=O)c2cc3cccc(Br)c3o2)c1. The number of carbonyl (C=O) groups excluding carboxylic acids is 2. The smallest absolute Gasteiger partial charge is 0.337 e. The third-order valence-corrected chi connectivity index (χ3v) is 4.25. The highest BCUT2D eigenvalue weighted by Gasteiger charge is 2.16. The van der Waals surface area contributed by atoms with E-state index in [1.54, 1.807) is 24.3 Å². The summed E-state index contributed by atoms with van der Waals surface area (Å²) in [4.78, 5) is 24.1. The van der Waals surface area contributed by atoms with Crippen molar-refractivity contribution >= 4 is 44.5 Å². The van der Waals surface area contributed by atoms with Crippen LogP contribution in [0.25, 0.3) is 11.0 Å². The zero-order chi connectivity index (χ0) is 17.3. The highest BCUT2D eigenvalue weighted by atomic mass is 79.9. The van der Waals surface area contributed by atoms with Crippen LogP contribution >= 0.6 is 15.9 Å². The average molecular weight is 388 g/mol. The molecule has 0 bridgehead atoms. The Morgan fingerprint density at radius 1 is 1.17 bits per heavy atom. The summed E-state index contributed by atoms with van der Waals surface area (Å²) in [5.41, 5.74) is 2.34. The Bertz CT molecular complexity index is 945. The molecule has 3 aromatic rings. The first-order chi connectivity index (χ1) is 11.5. The van der Waals surface area contributed by atoms with Crippen molar-refractivity contribution in [3.63, 3.8) is 0 Å². The number of hydrogen-bond donors (Lipinski definition) is 1. The van der Waals surface area contributed by atoms with Gasteiger partial charge in [-0.05, 0) is 52.7 Å². The Balaban J connectivity index is 1.91. The standard InChI is InChI=1S/C18H14BrNO4/c1-10-6-7-12(18(22)23-2)8-14(10)20-17(21)15-9-11-4-3-5-13(19)16(11)24-15/h3-9H,1-2H3,(H,20,21). The number of nitrogens with one attached hydrogen (secondary N) is 1. The molecule has 6 heteroatoms. The fourth-order valence-corrected chi connectivity index (χ4v) is 2.79. The molecular formula is C18H14BrNO4. The van der Waals surface area contributed by atoms with Crippen LogP contribution in [0.4, 0.5) is 5.69 Å². The number of esters is 1. The van der Waals surface area contributed by atoms with Crippen molar-refractivity contribution in [1.29, 1.82) is 0 Å². The van der Waals surface area contributed by atoms with Crippen molar-refractivity contribution in [3.8, 4) is 0 Å². The molecule has 122 valence electrons. The van der Waals surface area contributed by atoms with Crippen molar-refractivity contribution in [2.75, 3.05) is 12.4 Å². The molecule has 3 rings (SSSR count). The summed E-state index contributed by atoms with van der Waals surface area (Å²) in [5, 5.41) is 3.60. The summed E-state index contributed by atoms with van der Waals surface area (Å²) in [6, 6.07) is 12.2. The molecule has 0 aliphatic heterocycles. The van der Waals surface area contributed by atoms with E-state index < -0.39 is 5.97 Å². The molecule has 0 saturated heterocycles. The molecule has 1 aromatic heterocycles. The number of aryl methyl sites for hydroxylation is 1. The maximum atomic E-state index is 12.5. The van der Waals surface area contributed by atoms with Gasteiger partial charge in [0.25, 0.3) is 5.91 Å². The summed E-state index contributed by atoms with van der Waals surface area (Å²) in [5.74, 6) is -0.652. The van der Waals surface area contributed by atoms with Crippen molar-refractivity contribution in [2.24, 2.45) is 0 Å². The first kappa shape index (κ1) is 16.3. The van der Waals surface area contributed by atoms with E-state index in [-0.39, 0.29) is 11.7 Å². The molecule has 0 radical (unpaired) electrons. The fourth-order valence-electron chi connectivity index (χ4n) is 2.32. The van der Waals surface area contributed by atoms with Gasteiger partial charge in [-0.2, -0.15) is 0 Å². The maximum absolute atomic E-state index is 12.5. The van der Waals surface area contributed by atoms with Crippen LogP contribution in [0.2, 0.25) is 0 Å². The zero-order valence-corrected chi connectivity index (χ0v) is 14.6. The highest BCUT2D eigenvalue weighted by Crippen LogP contribution is 2.27. The van der Waals surface area contributed by atoms with Crippen LogP contribution in [0, 0.1) is 6.92 Å². The van der Waals surface area contributed by atoms with Crippen molar-refractivity contribution in [3.05, 3.63) is 63.8 Å². The lowest BCUT2D eigenvalue weighted by atomic mass is 10.1. The molecule has 0 atom stereocenters. The minimum atomic E-state index is -0.460. The number of carbonyl (C=O) groups is 2. The first-order valence-electron chi connectivity index (χ1n) is 7.18. The molecule has 5 nitrogen and oxygen atoms in total. The second-order valence-electron chi connectivity index (χ2n) is 5.24. The van der Waals surface area contributed by atoms with Gasteiger partial charge >= 0.3 is 5.97 Å². The predicted octanol–water partition coefficient (Wildman–Crippen LogP) is 4.54. The largest absolute Gasteiger partial charge is 0.465 e. The molecule has 0 saturated carbocycles. The Morgan fingerprint density at radius 2 is 1.96 bits per heavy atom. The third-order valence-electron chi connectivity index (χ3n) is 3.63. The normalized spacial score (nSPS) is 10.6. The van der Waals surface area contributed by atoms with E-state index in [0.717, 1.165) is 15.4 Å². The Hall–Kier alpha value is -2.60. The molecular weight excluding hydrogens is 374 g/mol. The number of hydrogen-bond acceptors (Lipinski definition) is 4. The van der Waals surface area contributed by atoms with Crippen LogP contribution < -0.4 is 5.32 Å². The maximum Gasteiger partial charge on any atom is 0.337 e. The van der Waals surface area contributed by atoms with Crippen LogP contribution in [-0.2, 0) is 4.74 Å². The molecule has 0 aliphatic carbocycles. The fraction of sp³-hybridized carbons (Fsp3) is 0.111. The number of methoxy groups -OCH3 is 1. The lowest BCUT2D eigenvalue weighted by molar-refractivity contribution is 0.0600. The molecule has 0 unspecified atom stereocenters. The second kappa shape index (κ2) is 6.49. The minimum Gasteiger partial charge on any atom is -0.465 e. The summed E-state index contributed by atoms with van der Waals surface area (Å²) in [6.45, 7) is 1.84. The van der Waals surface area contributed by atoms with Gasteiger partial charge in [0.1, 0.15) is 5.58 Å². The van der Waals surface area contributed by atoms with Gasteiger partial charge in [0.15, 0.2) is 5.76 Å². The molecule has 24 heavy (non-hydrogen) atoms. The van der Waals surface area contributed by atoms with Gasteiger partial charge in [-0.15, -0.1) is 0 Å². The third kappa shape index (κ3) is 3.05. The van der Waals surface area contributed by atoms with Crippen LogP contribution in [0.15, 0.2) is 51.4 Å². The molecule has 0 spiro atoms. The van der Waals surface area contributed by atoms with E-state index >= 15 is 0 Å². The highest BCUT2D eigenvalue weighted by molar-refractivity contribution is 9.10. The molecule has 0 aliphatic rings. The van der Waals surface area contributed by atoms with Crippen LogP contribution in [0.1, 0.15) is 26.5 Å². The van der Waals surface area contributed by atoms with E-state index in [2.05, 4.69) is 21.2 Å². The van der Waals surface area contributed by atoms with Gasteiger partial charge in [-0.1, -0.05) is 18.2 Å². The average Bonchev–Trinajstić information content (AvgIpc) is 3.02. The summed E-state index contributed by atoms with van der Waals surface area (Å²) < 4.78 is 11.1. The summed E-state index contributed by atoms with van der Waals surface area (Å²) >= 11 is 3.39. The Labute approximate surface area is 146 Å². The van der Waals surface area contributed by atoms with Gasteiger partial charge in [0.2, 0.25) is 0 Å². The van der Waals surface area contributed by atoms with Gasteiger partial charge < -0.3 is 14.5 Å². The number of halogens is 1. The number of ether oxygens (including phenoxy) is 1. The lowest BCUT2D eigenvalue weighted by Gasteiger charge is -2.08. The van der Waals surface area contributed by atoms with Crippen LogP contribution in [-0.4, -0.2) is 19.0 Å². The number of rotatable bonds is 3.